The van der Waals surface area contributed by atoms with E-state index in [-0.39, 0.29) is 0 Å². The van der Waals surface area contributed by atoms with Gasteiger partial charge < -0.3 is 0 Å². The molecule has 0 aromatic carbocycles. The van der Waals surface area contributed by atoms with Crippen molar-refractivity contribution in [3.05, 3.63) is 24.4 Å². The molecule has 0 fully saturated rings. The first kappa shape index (κ1) is 10.2. The molecule has 0 saturated carbocycles. The van der Waals surface area contributed by atoms with Gasteiger partial charge in [-0.2, -0.15) is 0 Å². The molecule has 11 heavy (non-hydrogen) atoms. The summed E-state index contributed by atoms with van der Waals surface area (Å²) in [6.07, 6.45) is 9.01. The molecule has 0 aliphatic heterocycles. The predicted molar refractivity (Wildman–Crippen MR) is 52.0 cm³/mol. The summed E-state index contributed by atoms with van der Waals surface area (Å²) in [5.41, 5.74) is 1.12. The van der Waals surface area contributed by atoms with Gasteiger partial charge in [-0.25, -0.2) is 0 Å². The van der Waals surface area contributed by atoms with Gasteiger partial charge in [0.15, 0.2) is 0 Å². The summed E-state index contributed by atoms with van der Waals surface area (Å²) in [6.45, 7) is 8.01. The van der Waals surface area contributed by atoms with Crippen molar-refractivity contribution >= 4 is 6.21 Å². The van der Waals surface area contributed by atoms with E-state index in [9.17, 15) is 0 Å². The maximum Gasteiger partial charge on any atom is 0.0293 e. The molecule has 0 spiro atoms. The molecule has 0 radical (unpaired) electrons. The molecule has 0 amide bonds. The van der Waals surface area contributed by atoms with Crippen LogP contribution in [0.1, 0.15) is 33.1 Å². The van der Waals surface area contributed by atoms with Crippen LogP contribution in [0.2, 0.25) is 0 Å². The molecule has 0 aromatic rings. The zero-order valence-electron chi connectivity index (χ0n) is 7.51. The van der Waals surface area contributed by atoms with Crippen molar-refractivity contribution in [2.24, 2.45) is 4.99 Å². The number of nitrogens with zero attached hydrogens (tertiary/aromatic N) is 1. The van der Waals surface area contributed by atoms with Gasteiger partial charge in [0, 0.05) is 12.4 Å². The Morgan fingerprint density at radius 1 is 1.55 bits per heavy atom. The van der Waals surface area contributed by atoms with E-state index >= 15 is 0 Å². The van der Waals surface area contributed by atoms with Gasteiger partial charge in [0.1, 0.15) is 0 Å². The molecule has 1 nitrogen and oxygen atoms in total. The SMILES string of the molecule is C=C(/C=N\C=C/C)CCCC. The average molecular weight is 151 g/mol. The molecule has 0 rings (SSSR count). The molecular formula is C10H17N. The first-order valence-electron chi connectivity index (χ1n) is 4.13. The molecule has 0 unspecified atom stereocenters. The fraction of sp³-hybridized carbons (Fsp3) is 0.500. The molecule has 62 valence electrons. The van der Waals surface area contributed by atoms with Crippen molar-refractivity contribution in [1.29, 1.82) is 0 Å². The van der Waals surface area contributed by atoms with Crippen LogP contribution in [0.3, 0.4) is 0 Å². The Bertz CT molecular complexity index is 154. The lowest BCUT2D eigenvalue weighted by molar-refractivity contribution is 0.806. The Morgan fingerprint density at radius 2 is 2.27 bits per heavy atom. The minimum absolute atomic E-state index is 1.07. The second-order valence-electron chi connectivity index (χ2n) is 2.52. The first-order chi connectivity index (χ1) is 5.31. The number of unbranched alkanes of at least 4 members (excludes halogenated alkanes) is 1. The predicted octanol–water partition coefficient (Wildman–Crippen LogP) is 3.34. The summed E-state index contributed by atoms with van der Waals surface area (Å²) in [7, 11) is 0. The third kappa shape index (κ3) is 7.04. The van der Waals surface area contributed by atoms with Crippen LogP contribution in [0.4, 0.5) is 0 Å². The highest BCUT2D eigenvalue weighted by molar-refractivity contribution is 5.77. The van der Waals surface area contributed by atoms with Gasteiger partial charge in [-0.15, -0.1) is 0 Å². The van der Waals surface area contributed by atoms with Crippen molar-refractivity contribution in [2.75, 3.05) is 0 Å². The van der Waals surface area contributed by atoms with E-state index in [1.165, 1.54) is 12.8 Å². The minimum Gasteiger partial charge on any atom is -0.265 e. The van der Waals surface area contributed by atoms with Crippen LogP contribution in [-0.4, -0.2) is 6.21 Å². The number of hydrogen-bond acceptors (Lipinski definition) is 1. The van der Waals surface area contributed by atoms with E-state index in [0.717, 1.165) is 12.0 Å². The van der Waals surface area contributed by atoms with E-state index in [0.29, 0.717) is 0 Å². The molecule has 0 bridgehead atoms. The Kier molecular flexibility index (Phi) is 6.70. The van der Waals surface area contributed by atoms with Crippen LogP contribution in [0, 0.1) is 0 Å². The Morgan fingerprint density at radius 3 is 2.82 bits per heavy atom. The van der Waals surface area contributed by atoms with Crippen molar-refractivity contribution in [3.8, 4) is 0 Å². The quantitative estimate of drug-likeness (QED) is 0.534. The summed E-state index contributed by atoms with van der Waals surface area (Å²) < 4.78 is 0. The maximum atomic E-state index is 4.04. The van der Waals surface area contributed by atoms with E-state index < -0.39 is 0 Å². The summed E-state index contributed by atoms with van der Waals surface area (Å²) in [4.78, 5) is 4.04. The zero-order chi connectivity index (χ0) is 8.53. The van der Waals surface area contributed by atoms with E-state index in [4.69, 9.17) is 0 Å². The molecular weight excluding hydrogens is 134 g/mol. The number of hydrogen-bond donors (Lipinski definition) is 0. The Labute approximate surface area is 69.5 Å². The Balaban J connectivity index is 3.51. The Hall–Kier alpha value is -0.850. The summed E-state index contributed by atoms with van der Waals surface area (Å²) in [5, 5.41) is 0. The lowest BCUT2D eigenvalue weighted by Gasteiger charge is -1.94. The lowest BCUT2D eigenvalue weighted by atomic mass is 10.1. The summed E-state index contributed by atoms with van der Waals surface area (Å²) in [6, 6.07) is 0. The smallest absolute Gasteiger partial charge is 0.0293 e. The highest BCUT2D eigenvalue weighted by atomic mass is 14.7. The van der Waals surface area contributed by atoms with Crippen molar-refractivity contribution in [2.45, 2.75) is 33.1 Å². The standard InChI is InChI=1S/C10H17N/c1-4-6-7-10(3)9-11-8-5-2/h5,8-9H,3-4,6-7H2,1-2H3/b8-5-,11-9-. The highest BCUT2D eigenvalue weighted by Gasteiger charge is 1.86. The average Bonchev–Trinajstić information content (AvgIpc) is 2.01. The molecule has 0 saturated heterocycles. The van der Waals surface area contributed by atoms with E-state index in [1.807, 2.05) is 19.2 Å². The third-order valence-electron chi connectivity index (χ3n) is 1.34. The van der Waals surface area contributed by atoms with Gasteiger partial charge in [0.25, 0.3) is 0 Å². The van der Waals surface area contributed by atoms with E-state index in [1.54, 1.807) is 6.20 Å². The maximum absolute atomic E-state index is 4.04. The molecule has 0 aliphatic rings. The van der Waals surface area contributed by atoms with Gasteiger partial charge in [0.05, 0.1) is 0 Å². The summed E-state index contributed by atoms with van der Waals surface area (Å²) in [5.74, 6) is 0. The molecule has 0 heterocycles. The number of aliphatic imine (C=N–C) groups is 1. The highest BCUT2D eigenvalue weighted by Crippen LogP contribution is 2.01. The minimum atomic E-state index is 1.07. The summed E-state index contributed by atoms with van der Waals surface area (Å²) >= 11 is 0. The van der Waals surface area contributed by atoms with E-state index in [2.05, 4.69) is 18.5 Å². The second kappa shape index (κ2) is 7.26. The number of allylic oxidation sites excluding steroid dienone is 2. The fourth-order valence-corrected chi connectivity index (χ4v) is 0.703. The number of rotatable bonds is 5. The second-order valence-corrected chi connectivity index (χ2v) is 2.52. The molecule has 0 N–H and O–H groups in total. The molecule has 0 aromatic heterocycles. The van der Waals surface area contributed by atoms with Gasteiger partial charge in [-0.1, -0.05) is 26.0 Å². The van der Waals surface area contributed by atoms with Crippen LogP contribution in [0.15, 0.2) is 29.4 Å². The lowest BCUT2D eigenvalue weighted by Crippen LogP contribution is -1.81. The van der Waals surface area contributed by atoms with Crippen molar-refractivity contribution in [1.82, 2.24) is 0 Å². The van der Waals surface area contributed by atoms with Gasteiger partial charge in [-0.3, -0.25) is 4.99 Å². The van der Waals surface area contributed by atoms with Gasteiger partial charge in [0.2, 0.25) is 0 Å². The van der Waals surface area contributed by atoms with Crippen molar-refractivity contribution < 1.29 is 0 Å². The fourth-order valence-electron chi connectivity index (χ4n) is 0.703. The molecule has 1 heteroatoms. The van der Waals surface area contributed by atoms with Crippen LogP contribution in [0.5, 0.6) is 0 Å². The van der Waals surface area contributed by atoms with Gasteiger partial charge >= 0.3 is 0 Å². The largest absolute Gasteiger partial charge is 0.265 e. The van der Waals surface area contributed by atoms with Crippen molar-refractivity contribution in [3.63, 3.8) is 0 Å². The van der Waals surface area contributed by atoms with Crippen LogP contribution >= 0.6 is 0 Å². The topological polar surface area (TPSA) is 12.4 Å². The van der Waals surface area contributed by atoms with Gasteiger partial charge in [-0.05, 0) is 25.3 Å². The van der Waals surface area contributed by atoms with Crippen LogP contribution in [0.25, 0.3) is 0 Å². The molecule has 0 atom stereocenters. The zero-order valence-corrected chi connectivity index (χ0v) is 7.51. The normalized spacial score (nSPS) is 11.5. The van der Waals surface area contributed by atoms with Crippen LogP contribution < -0.4 is 0 Å². The first-order valence-corrected chi connectivity index (χ1v) is 4.13. The monoisotopic (exact) mass is 151 g/mol. The van der Waals surface area contributed by atoms with Crippen LogP contribution in [-0.2, 0) is 0 Å². The molecule has 0 aliphatic carbocycles. The third-order valence-corrected chi connectivity index (χ3v) is 1.34.